The molecule has 4 heteroatoms. The fourth-order valence-corrected chi connectivity index (χ4v) is 2.91. The summed E-state index contributed by atoms with van der Waals surface area (Å²) in [5.41, 5.74) is 7.92. The van der Waals surface area contributed by atoms with Crippen molar-refractivity contribution >= 4 is 11.4 Å². The monoisotopic (exact) mass is 277 g/mol. The predicted octanol–water partition coefficient (Wildman–Crippen LogP) is 2.59. The molecular formula is C16H27N3O. The number of hydrogen-bond donors (Lipinski definition) is 1. The van der Waals surface area contributed by atoms with Crippen LogP contribution < -0.4 is 15.4 Å². The molecule has 1 unspecified atom stereocenters. The minimum Gasteiger partial charge on any atom is -0.492 e. The number of benzene rings is 1. The lowest BCUT2D eigenvalue weighted by molar-refractivity contribution is 0.327. The van der Waals surface area contributed by atoms with E-state index in [2.05, 4.69) is 35.9 Å². The van der Waals surface area contributed by atoms with Crippen molar-refractivity contribution < 1.29 is 4.74 Å². The summed E-state index contributed by atoms with van der Waals surface area (Å²) in [6, 6.07) is 6.72. The number of likely N-dealkylation sites (N-methyl/N-ethyl adjacent to an activating group) is 1. The van der Waals surface area contributed by atoms with E-state index in [1.54, 1.807) is 0 Å². The summed E-state index contributed by atoms with van der Waals surface area (Å²) in [5.74, 6) is 0.803. The van der Waals surface area contributed by atoms with E-state index in [0.29, 0.717) is 12.6 Å². The molecule has 0 aromatic heterocycles. The van der Waals surface area contributed by atoms with E-state index >= 15 is 0 Å². The van der Waals surface area contributed by atoms with Gasteiger partial charge in [0.2, 0.25) is 0 Å². The van der Waals surface area contributed by atoms with Crippen molar-refractivity contribution in [3.63, 3.8) is 0 Å². The van der Waals surface area contributed by atoms with Crippen molar-refractivity contribution in [3.05, 3.63) is 18.2 Å². The van der Waals surface area contributed by atoms with Crippen molar-refractivity contribution in [1.29, 1.82) is 0 Å². The van der Waals surface area contributed by atoms with Crippen LogP contribution in [-0.2, 0) is 0 Å². The number of hydrogen-bond acceptors (Lipinski definition) is 4. The summed E-state index contributed by atoms with van der Waals surface area (Å²) in [7, 11) is 2.21. The van der Waals surface area contributed by atoms with Crippen molar-refractivity contribution in [2.24, 2.45) is 0 Å². The average molecular weight is 277 g/mol. The average Bonchev–Trinajstić information content (AvgIpc) is 2.63. The Morgan fingerprint density at radius 2 is 2.10 bits per heavy atom. The van der Waals surface area contributed by atoms with E-state index in [4.69, 9.17) is 10.5 Å². The van der Waals surface area contributed by atoms with Gasteiger partial charge in [-0.05, 0) is 45.5 Å². The smallest absolute Gasteiger partial charge is 0.144 e. The number of nitrogens with two attached hydrogens (primary N) is 1. The third-order valence-electron chi connectivity index (χ3n) is 4.00. The van der Waals surface area contributed by atoms with Crippen LogP contribution in [0.3, 0.4) is 0 Å². The zero-order valence-corrected chi connectivity index (χ0v) is 12.9. The molecule has 0 amide bonds. The lowest BCUT2D eigenvalue weighted by atomic mass is 10.1. The highest BCUT2D eigenvalue weighted by Gasteiger charge is 2.22. The SMILES string of the molecule is CCOc1cc(N2CCCN(C)CC2CC)ccc1N. The lowest BCUT2D eigenvalue weighted by Gasteiger charge is -2.32. The fourth-order valence-electron chi connectivity index (χ4n) is 2.91. The molecule has 20 heavy (non-hydrogen) atoms. The Labute approximate surface area is 122 Å². The molecule has 2 rings (SSSR count). The minimum absolute atomic E-state index is 0.556. The van der Waals surface area contributed by atoms with Gasteiger partial charge in [0.25, 0.3) is 0 Å². The van der Waals surface area contributed by atoms with Gasteiger partial charge in [-0.2, -0.15) is 0 Å². The first kappa shape index (κ1) is 15.0. The Kier molecular flexibility index (Phi) is 5.12. The van der Waals surface area contributed by atoms with Gasteiger partial charge in [0.15, 0.2) is 0 Å². The van der Waals surface area contributed by atoms with Gasteiger partial charge in [-0.1, -0.05) is 6.92 Å². The molecule has 0 radical (unpaired) electrons. The molecule has 1 saturated heterocycles. The summed E-state index contributed by atoms with van der Waals surface area (Å²) in [6.07, 6.45) is 2.35. The van der Waals surface area contributed by atoms with Gasteiger partial charge in [-0.3, -0.25) is 0 Å². The number of nitrogen functional groups attached to an aromatic ring is 1. The molecule has 1 aliphatic heterocycles. The van der Waals surface area contributed by atoms with Crippen LogP contribution in [0.5, 0.6) is 5.75 Å². The quantitative estimate of drug-likeness (QED) is 0.859. The number of nitrogens with zero attached hydrogens (tertiary/aromatic N) is 2. The lowest BCUT2D eigenvalue weighted by Crippen LogP contribution is -2.39. The van der Waals surface area contributed by atoms with Crippen LogP contribution in [0.15, 0.2) is 18.2 Å². The van der Waals surface area contributed by atoms with Crippen LogP contribution in [0.25, 0.3) is 0 Å². The van der Waals surface area contributed by atoms with Gasteiger partial charge in [-0.25, -0.2) is 0 Å². The van der Waals surface area contributed by atoms with Crippen molar-refractivity contribution in [3.8, 4) is 5.75 Å². The van der Waals surface area contributed by atoms with E-state index in [9.17, 15) is 0 Å². The van der Waals surface area contributed by atoms with E-state index in [1.807, 2.05) is 13.0 Å². The molecular weight excluding hydrogens is 250 g/mol. The van der Waals surface area contributed by atoms with E-state index in [1.165, 1.54) is 18.7 Å². The molecule has 0 saturated carbocycles. The largest absolute Gasteiger partial charge is 0.492 e. The Balaban J connectivity index is 2.25. The molecule has 2 N–H and O–H groups in total. The zero-order valence-electron chi connectivity index (χ0n) is 12.9. The Bertz CT molecular complexity index is 436. The second-order valence-corrected chi connectivity index (χ2v) is 5.53. The first-order valence-electron chi connectivity index (χ1n) is 7.63. The third-order valence-corrected chi connectivity index (χ3v) is 4.00. The molecule has 1 heterocycles. The maximum atomic E-state index is 5.97. The molecule has 1 aromatic carbocycles. The third kappa shape index (κ3) is 3.37. The summed E-state index contributed by atoms with van der Waals surface area (Å²) < 4.78 is 5.63. The van der Waals surface area contributed by atoms with Crippen LogP contribution >= 0.6 is 0 Å². The zero-order chi connectivity index (χ0) is 14.5. The van der Waals surface area contributed by atoms with Gasteiger partial charge in [-0.15, -0.1) is 0 Å². The minimum atomic E-state index is 0.556. The van der Waals surface area contributed by atoms with Gasteiger partial charge in [0.05, 0.1) is 12.3 Å². The fraction of sp³-hybridized carbons (Fsp3) is 0.625. The van der Waals surface area contributed by atoms with Gasteiger partial charge >= 0.3 is 0 Å². The first-order valence-corrected chi connectivity index (χ1v) is 7.63. The normalized spacial score (nSPS) is 20.8. The van der Waals surface area contributed by atoms with Crippen LogP contribution in [0.2, 0.25) is 0 Å². The molecule has 4 nitrogen and oxygen atoms in total. The van der Waals surface area contributed by atoms with Gasteiger partial charge in [0.1, 0.15) is 5.75 Å². The molecule has 0 bridgehead atoms. The standard InChI is InChI=1S/C16H27N3O/c1-4-13-12-18(3)9-6-10-19(13)14-7-8-15(17)16(11-14)20-5-2/h7-8,11,13H,4-6,9-10,12,17H2,1-3H3. The van der Waals surface area contributed by atoms with E-state index < -0.39 is 0 Å². The second-order valence-electron chi connectivity index (χ2n) is 5.53. The molecule has 1 atom stereocenters. The molecule has 0 aliphatic carbocycles. The highest BCUT2D eigenvalue weighted by molar-refractivity contribution is 5.62. The van der Waals surface area contributed by atoms with Crippen LogP contribution in [0, 0.1) is 0 Å². The van der Waals surface area contributed by atoms with E-state index in [-0.39, 0.29) is 0 Å². The molecule has 1 aromatic rings. The maximum absolute atomic E-state index is 5.97. The van der Waals surface area contributed by atoms with Crippen molar-refractivity contribution in [2.75, 3.05) is 43.9 Å². The van der Waals surface area contributed by atoms with Crippen LogP contribution in [0.4, 0.5) is 11.4 Å². The number of rotatable bonds is 4. The molecule has 0 spiro atoms. The van der Waals surface area contributed by atoms with Gasteiger partial charge < -0.3 is 20.3 Å². The van der Waals surface area contributed by atoms with Gasteiger partial charge in [0, 0.05) is 30.9 Å². The topological polar surface area (TPSA) is 41.7 Å². The predicted molar refractivity (Wildman–Crippen MR) is 85.6 cm³/mol. The highest BCUT2D eigenvalue weighted by Crippen LogP contribution is 2.30. The maximum Gasteiger partial charge on any atom is 0.144 e. The van der Waals surface area contributed by atoms with Crippen molar-refractivity contribution in [2.45, 2.75) is 32.7 Å². The summed E-state index contributed by atoms with van der Waals surface area (Å²) in [4.78, 5) is 4.93. The Morgan fingerprint density at radius 3 is 2.80 bits per heavy atom. The summed E-state index contributed by atoms with van der Waals surface area (Å²) in [5, 5.41) is 0. The summed E-state index contributed by atoms with van der Waals surface area (Å²) >= 11 is 0. The first-order chi connectivity index (χ1) is 9.65. The van der Waals surface area contributed by atoms with E-state index in [0.717, 1.165) is 30.9 Å². The van der Waals surface area contributed by atoms with Crippen LogP contribution in [0.1, 0.15) is 26.7 Å². The Morgan fingerprint density at radius 1 is 1.30 bits per heavy atom. The highest BCUT2D eigenvalue weighted by atomic mass is 16.5. The second kappa shape index (κ2) is 6.84. The van der Waals surface area contributed by atoms with Crippen molar-refractivity contribution in [1.82, 2.24) is 4.90 Å². The Hall–Kier alpha value is -1.42. The molecule has 1 fully saturated rings. The van der Waals surface area contributed by atoms with Crippen LogP contribution in [-0.4, -0.2) is 44.2 Å². The molecule has 112 valence electrons. The molecule has 1 aliphatic rings. The number of ether oxygens (including phenoxy) is 1. The summed E-state index contributed by atoms with van der Waals surface area (Å²) in [6.45, 7) is 8.27. The number of anilines is 2.